The van der Waals surface area contributed by atoms with Crippen molar-refractivity contribution in [2.45, 2.75) is 66.8 Å². The van der Waals surface area contributed by atoms with Crippen LogP contribution in [0.15, 0.2) is 0 Å². The Morgan fingerprint density at radius 3 is 2.00 bits per heavy atom. The van der Waals surface area contributed by atoms with Crippen LogP contribution in [0, 0.1) is 10.8 Å². The fourth-order valence-corrected chi connectivity index (χ4v) is 2.35. The van der Waals surface area contributed by atoms with Crippen LogP contribution in [0.4, 0.5) is 0 Å². The van der Waals surface area contributed by atoms with E-state index < -0.39 is 0 Å². The molecule has 3 heteroatoms. The topological polar surface area (TPSA) is 32.3 Å². The summed E-state index contributed by atoms with van der Waals surface area (Å²) < 4.78 is 0. The summed E-state index contributed by atoms with van der Waals surface area (Å²) >= 11 is 0. The molecule has 112 valence electrons. The molecule has 1 rings (SSSR count). The standard InChI is InChI=1S/C16H32N2O/c1-15(2,3)11-14(19)18-9-7-13(8-10-18)17-12-16(4,5)6/h13,17H,7-12H2,1-6H3. The van der Waals surface area contributed by atoms with Crippen LogP contribution >= 0.6 is 0 Å². The summed E-state index contributed by atoms with van der Waals surface area (Å²) in [4.78, 5) is 14.2. The Labute approximate surface area is 119 Å². The third kappa shape index (κ3) is 6.95. The number of carbonyl (C=O) groups is 1. The minimum atomic E-state index is 0.0957. The maximum absolute atomic E-state index is 12.1. The highest BCUT2D eigenvalue weighted by Gasteiger charge is 2.26. The molecule has 0 aromatic heterocycles. The summed E-state index contributed by atoms with van der Waals surface area (Å²) in [5.74, 6) is 0.321. The van der Waals surface area contributed by atoms with Gasteiger partial charge in [0.15, 0.2) is 0 Å². The van der Waals surface area contributed by atoms with E-state index in [4.69, 9.17) is 0 Å². The molecule has 1 fully saturated rings. The van der Waals surface area contributed by atoms with Crippen molar-refractivity contribution in [3.63, 3.8) is 0 Å². The summed E-state index contributed by atoms with van der Waals surface area (Å²) in [7, 11) is 0. The van der Waals surface area contributed by atoms with Crippen LogP contribution in [-0.4, -0.2) is 36.5 Å². The molecule has 0 radical (unpaired) electrons. The van der Waals surface area contributed by atoms with Crippen LogP contribution in [0.5, 0.6) is 0 Å². The molecule has 1 heterocycles. The largest absolute Gasteiger partial charge is 0.343 e. The van der Waals surface area contributed by atoms with Crippen LogP contribution < -0.4 is 5.32 Å². The highest BCUT2D eigenvalue weighted by molar-refractivity contribution is 5.76. The zero-order valence-corrected chi connectivity index (χ0v) is 13.7. The van der Waals surface area contributed by atoms with Gasteiger partial charge >= 0.3 is 0 Å². The van der Waals surface area contributed by atoms with E-state index in [9.17, 15) is 4.79 Å². The van der Waals surface area contributed by atoms with Gasteiger partial charge in [0, 0.05) is 32.1 Å². The lowest BCUT2D eigenvalue weighted by Crippen LogP contribution is -2.47. The molecule has 19 heavy (non-hydrogen) atoms. The molecule has 1 N–H and O–H groups in total. The first-order valence-electron chi connectivity index (χ1n) is 7.58. The number of carbonyl (C=O) groups excluding carboxylic acids is 1. The Kier molecular flexibility index (Phi) is 5.43. The van der Waals surface area contributed by atoms with Crippen molar-refractivity contribution >= 4 is 5.91 Å². The summed E-state index contributed by atoms with van der Waals surface area (Å²) in [6.07, 6.45) is 2.84. The molecule has 0 spiro atoms. The van der Waals surface area contributed by atoms with Gasteiger partial charge in [-0.2, -0.15) is 0 Å². The fourth-order valence-electron chi connectivity index (χ4n) is 2.35. The number of hydrogen-bond acceptors (Lipinski definition) is 2. The molecule has 0 aromatic rings. The van der Waals surface area contributed by atoms with Gasteiger partial charge in [-0.3, -0.25) is 4.79 Å². The average Bonchev–Trinajstić information content (AvgIpc) is 2.23. The van der Waals surface area contributed by atoms with Crippen molar-refractivity contribution in [3.8, 4) is 0 Å². The molecular weight excluding hydrogens is 236 g/mol. The highest BCUT2D eigenvalue weighted by Crippen LogP contribution is 2.22. The summed E-state index contributed by atoms with van der Waals surface area (Å²) in [5.41, 5.74) is 0.428. The molecule has 1 aliphatic rings. The Morgan fingerprint density at radius 1 is 1.05 bits per heavy atom. The number of piperidine rings is 1. The van der Waals surface area contributed by atoms with Gasteiger partial charge in [-0.25, -0.2) is 0 Å². The van der Waals surface area contributed by atoms with E-state index in [0.29, 0.717) is 23.8 Å². The van der Waals surface area contributed by atoms with Crippen LogP contribution in [0.25, 0.3) is 0 Å². The van der Waals surface area contributed by atoms with Crippen LogP contribution in [0.2, 0.25) is 0 Å². The molecule has 1 saturated heterocycles. The molecule has 0 saturated carbocycles. The van der Waals surface area contributed by atoms with Crippen molar-refractivity contribution in [3.05, 3.63) is 0 Å². The Morgan fingerprint density at radius 2 is 1.58 bits per heavy atom. The quantitative estimate of drug-likeness (QED) is 0.853. The minimum Gasteiger partial charge on any atom is -0.343 e. The van der Waals surface area contributed by atoms with Gasteiger partial charge in [-0.1, -0.05) is 41.5 Å². The number of amides is 1. The highest BCUT2D eigenvalue weighted by atomic mass is 16.2. The lowest BCUT2D eigenvalue weighted by atomic mass is 9.91. The van der Waals surface area contributed by atoms with Crippen LogP contribution in [0.3, 0.4) is 0 Å². The number of hydrogen-bond donors (Lipinski definition) is 1. The molecule has 0 atom stereocenters. The monoisotopic (exact) mass is 268 g/mol. The van der Waals surface area contributed by atoms with E-state index in [0.717, 1.165) is 32.5 Å². The summed E-state index contributed by atoms with van der Waals surface area (Å²) in [5, 5.41) is 3.63. The summed E-state index contributed by atoms with van der Waals surface area (Å²) in [6.45, 7) is 16.0. The number of rotatable bonds is 3. The average molecular weight is 268 g/mol. The third-order valence-corrected chi connectivity index (χ3v) is 3.45. The first kappa shape index (κ1) is 16.5. The van der Waals surface area contributed by atoms with Crippen molar-refractivity contribution in [1.29, 1.82) is 0 Å². The zero-order chi connectivity index (χ0) is 14.7. The molecule has 0 aromatic carbocycles. The first-order valence-corrected chi connectivity index (χ1v) is 7.58. The maximum Gasteiger partial charge on any atom is 0.223 e. The van der Waals surface area contributed by atoms with E-state index in [-0.39, 0.29) is 5.41 Å². The van der Waals surface area contributed by atoms with Gasteiger partial charge in [0.25, 0.3) is 0 Å². The van der Waals surface area contributed by atoms with E-state index in [1.165, 1.54) is 0 Å². The minimum absolute atomic E-state index is 0.0957. The molecule has 0 unspecified atom stereocenters. The van der Waals surface area contributed by atoms with E-state index in [2.05, 4.69) is 46.9 Å². The van der Waals surface area contributed by atoms with Crippen LogP contribution in [-0.2, 0) is 4.79 Å². The Hall–Kier alpha value is -0.570. The molecule has 1 amide bonds. The van der Waals surface area contributed by atoms with E-state index >= 15 is 0 Å². The molecule has 0 bridgehead atoms. The van der Waals surface area contributed by atoms with E-state index in [1.54, 1.807) is 0 Å². The molecule has 1 aliphatic heterocycles. The Balaban J connectivity index is 2.31. The molecule has 0 aliphatic carbocycles. The van der Waals surface area contributed by atoms with Crippen molar-refractivity contribution in [2.24, 2.45) is 10.8 Å². The molecular formula is C16H32N2O. The van der Waals surface area contributed by atoms with Crippen LogP contribution in [0.1, 0.15) is 60.8 Å². The maximum atomic E-state index is 12.1. The van der Waals surface area contributed by atoms with Crippen molar-refractivity contribution in [2.75, 3.05) is 19.6 Å². The predicted molar refractivity (Wildman–Crippen MR) is 81.1 cm³/mol. The van der Waals surface area contributed by atoms with Gasteiger partial charge in [0.05, 0.1) is 0 Å². The van der Waals surface area contributed by atoms with Gasteiger partial charge < -0.3 is 10.2 Å². The van der Waals surface area contributed by atoms with Gasteiger partial charge in [-0.05, 0) is 23.7 Å². The Bertz CT molecular complexity index is 291. The number of nitrogens with one attached hydrogen (secondary N) is 1. The van der Waals surface area contributed by atoms with Gasteiger partial charge in [0.1, 0.15) is 0 Å². The molecule has 3 nitrogen and oxygen atoms in total. The zero-order valence-electron chi connectivity index (χ0n) is 13.7. The van der Waals surface area contributed by atoms with E-state index in [1.807, 2.05) is 4.90 Å². The fraction of sp³-hybridized carbons (Fsp3) is 0.938. The second-order valence-corrected chi connectivity index (χ2v) is 8.33. The first-order chi connectivity index (χ1) is 8.57. The normalized spacial score (nSPS) is 18.7. The SMILES string of the molecule is CC(C)(C)CNC1CCN(C(=O)CC(C)(C)C)CC1. The lowest BCUT2D eigenvalue weighted by Gasteiger charge is -2.35. The number of nitrogens with zero attached hydrogens (tertiary/aromatic N) is 1. The second kappa shape index (κ2) is 6.25. The number of likely N-dealkylation sites (tertiary alicyclic amines) is 1. The van der Waals surface area contributed by atoms with Gasteiger partial charge in [0.2, 0.25) is 5.91 Å². The predicted octanol–water partition coefficient (Wildman–Crippen LogP) is 3.05. The summed E-state index contributed by atoms with van der Waals surface area (Å²) in [6, 6.07) is 0.581. The van der Waals surface area contributed by atoms with Gasteiger partial charge in [-0.15, -0.1) is 0 Å². The second-order valence-electron chi connectivity index (χ2n) is 8.33. The van der Waals surface area contributed by atoms with Crippen molar-refractivity contribution < 1.29 is 4.79 Å². The third-order valence-electron chi connectivity index (χ3n) is 3.45. The lowest BCUT2D eigenvalue weighted by molar-refractivity contribution is -0.134. The smallest absolute Gasteiger partial charge is 0.223 e. The van der Waals surface area contributed by atoms with Crippen molar-refractivity contribution in [1.82, 2.24) is 10.2 Å².